The van der Waals surface area contributed by atoms with E-state index in [4.69, 9.17) is 27.9 Å². The molecule has 0 aliphatic carbocycles. The molecule has 0 aliphatic heterocycles. The molecule has 0 spiro atoms. The lowest BCUT2D eigenvalue weighted by Gasteiger charge is -2.06. The van der Waals surface area contributed by atoms with E-state index in [0.717, 1.165) is 0 Å². The number of hydrogen-bond acceptors (Lipinski definition) is 2. The van der Waals surface area contributed by atoms with Gasteiger partial charge in [0.05, 0.1) is 15.6 Å². The van der Waals surface area contributed by atoms with Crippen molar-refractivity contribution in [2.75, 3.05) is 13.2 Å². The molecule has 0 saturated heterocycles. The van der Waals surface area contributed by atoms with E-state index in [2.05, 4.69) is 18.5 Å². The first-order chi connectivity index (χ1) is 11.1. The lowest BCUT2D eigenvalue weighted by Crippen LogP contribution is -2.24. The summed E-state index contributed by atoms with van der Waals surface area (Å²) in [6, 6.07) is 4.97. The lowest BCUT2D eigenvalue weighted by molar-refractivity contribution is 0.0954. The number of halogens is 2. The van der Waals surface area contributed by atoms with Crippen LogP contribution in [0, 0.1) is 0 Å². The summed E-state index contributed by atoms with van der Waals surface area (Å²) in [6.07, 6.45) is 9.81. The highest BCUT2D eigenvalue weighted by molar-refractivity contribution is 6.43. The summed E-state index contributed by atoms with van der Waals surface area (Å²) in [5, 5.41) is 3.42. The minimum absolute atomic E-state index is 0.238. The Bertz CT molecular complexity index is 621. The first-order valence-electron chi connectivity index (χ1n) is 7.04. The number of carbonyl (C=O) groups excluding carboxylic acids is 1. The van der Waals surface area contributed by atoms with Gasteiger partial charge in [-0.1, -0.05) is 60.7 Å². The summed E-state index contributed by atoms with van der Waals surface area (Å²) < 4.78 is 5.21. The summed E-state index contributed by atoms with van der Waals surface area (Å²) in [6.45, 7) is 8.13. The van der Waals surface area contributed by atoms with Crippen LogP contribution in [0.3, 0.4) is 0 Å². The molecule has 5 heteroatoms. The van der Waals surface area contributed by atoms with E-state index in [9.17, 15) is 4.79 Å². The Morgan fingerprint density at radius 1 is 1.26 bits per heavy atom. The molecule has 3 nitrogen and oxygen atoms in total. The summed E-state index contributed by atoms with van der Waals surface area (Å²) in [7, 11) is 0. The van der Waals surface area contributed by atoms with E-state index in [-0.39, 0.29) is 10.9 Å². The first-order valence-corrected chi connectivity index (χ1v) is 7.80. The van der Waals surface area contributed by atoms with Gasteiger partial charge < -0.3 is 10.1 Å². The molecule has 0 heterocycles. The molecule has 0 aromatic heterocycles. The van der Waals surface area contributed by atoms with Gasteiger partial charge in [0.2, 0.25) is 0 Å². The van der Waals surface area contributed by atoms with E-state index >= 15 is 0 Å². The highest BCUT2D eigenvalue weighted by Crippen LogP contribution is 2.25. The average Bonchev–Trinajstić information content (AvgIpc) is 2.55. The zero-order valence-corrected chi connectivity index (χ0v) is 14.2. The number of hydrogen-bond donors (Lipinski definition) is 1. The van der Waals surface area contributed by atoms with Gasteiger partial charge in [-0.05, 0) is 30.7 Å². The maximum atomic E-state index is 12.0. The molecule has 0 unspecified atom stereocenters. The highest BCUT2D eigenvalue weighted by Gasteiger charge is 2.11. The van der Waals surface area contributed by atoms with Crippen molar-refractivity contribution in [3.63, 3.8) is 0 Å². The number of rotatable bonds is 9. The summed E-state index contributed by atoms with van der Waals surface area (Å²) >= 11 is 11.9. The summed E-state index contributed by atoms with van der Waals surface area (Å²) in [4.78, 5) is 12.0. The van der Waals surface area contributed by atoms with Crippen LogP contribution in [0.25, 0.3) is 0 Å². The fourth-order valence-corrected chi connectivity index (χ4v) is 1.95. The van der Waals surface area contributed by atoms with Crippen molar-refractivity contribution in [2.45, 2.75) is 6.42 Å². The molecule has 1 rings (SSSR count). The minimum atomic E-state index is -0.238. The van der Waals surface area contributed by atoms with Gasteiger partial charge in [-0.2, -0.15) is 0 Å². The number of carbonyl (C=O) groups is 1. The monoisotopic (exact) mass is 351 g/mol. The molecular weight excluding hydrogens is 333 g/mol. The van der Waals surface area contributed by atoms with Gasteiger partial charge in [0.1, 0.15) is 12.4 Å². The first kappa shape index (κ1) is 19.1. The highest BCUT2D eigenvalue weighted by atomic mass is 35.5. The van der Waals surface area contributed by atoms with Gasteiger partial charge in [0, 0.05) is 6.54 Å². The van der Waals surface area contributed by atoms with Crippen LogP contribution in [0.4, 0.5) is 0 Å². The number of benzene rings is 1. The Labute approximate surface area is 146 Å². The summed E-state index contributed by atoms with van der Waals surface area (Å²) in [5.41, 5.74) is 0.377. The van der Waals surface area contributed by atoms with Gasteiger partial charge in [-0.15, -0.1) is 0 Å². The molecule has 0 radical (unpaired) electrons. The van der Waals surface area contributed by atoms with Crippen LogP contribution in [0.2, 0.25) is 10.0 Å². The third-order valence-electron chi connectivity index (χ3n) is 2.77. The molecular formula is C18H19Cl2NO2. The Kier molecular flexibility index (Phi) is 8.88. The Hall–Kier alpha value is -1.97. The third-order valence-corrected chi connectivity index (χ3v) is 3.59. The Balaban J connectivity index is 2.26. The number of nitrogens with one attached hydrogen (secondary N) is 1. The molecule has 0 atom stereocenters. The van der Waals surface area contributed by atoms with Crippen molar-refractivity contribution in [3.05, 3.63) is 83.1 Å². The smallest absolute Gasteiger partial charge is 0.252 e. The second-order valence-corrected chi connectivity index (χ2v) is 5.27. The number of allylic oxidation sites excluding steroid dienone is 3. The van der Waals surface area contributed by atoms with E-state index in [1.54, 1.807) is 24.3 Å². The summed E-state index contributed by atoms with van der Waals surface area (Å²) in [5.74, 6) is 0.304. The molecule has 23 heavy (non-hydrogen) atoms. The molecule has 0 aliphatic rings. The van der Waals surface area contributed by atoms with Crippen molar-refractivity contribution >= 4 is 29.1 Å². The standard InChI is InChI=1S/C18H19Cl2NO2/c1-3-14(2)23-13-8-6-4-5-7-12-21-18(22)15-10-9-11-16(19)17(15)20/h3-6,8-11H,1-2,7,12-13H2,(H,21,22)/b5-4-,8-6-. The predicted octanol–water partition coefficient (Wildman–Crippen LogP) is 4.94. The SMILES string of the molecule is C=CC(=C)OC/C=C\C=C/CCNC(=O)c1cccc(Cl)c1Cl. The Morgan fingerprint density at radius 3 is 2.74 bits per heavy atom. The van der Waals surface area contributed by atoms with Gasteiger partial charge >= 0.3 is 0 Å². The van der Waals surface area contributed by atoms with Gasteiger partial charge in [0.25, 0.3) is 5.91 Å². The van der Waals surface area contributed by atoms with E-state index in [1.807, 2.05) is 24.3 Å². The van der Waals surface area contributed by atoms with E-state index in [1.165, 1.54) is 0 Å². The van der Waals surface area contributed by atoms with Crippen LogP contribution >= 0.6 is 23.2 Å². The fraction of sp³-hybridized carbons (Fsp3) is 0.167. The fourth-order valence-electron chi connectivity index (χ4n) is 1.57. The van der Waals surface area contributed by atoms with Crippen LogP contribution in [0.1, 0.15) is 16.8 Å². The van der Waals surface area contributed by atoms with Crippen LogP contribution in [-0.4, -0.2) is 19.1 Å². The molecule has 0 bridgehead atoms. The van der Waals surface area contributed by atoms with Crippen molar-refractivity contribution in [3.8, 4) is 0 Å². The number of amides is 1. The van der Waals surface area contributed by atoms with Crippen LogP contribution in [0.5, 0.6) is 0 Å². The lowest BCUT2D eigenvalue weighted by atomic mass is 10.2. The molecule has 1 aromatic rings. The molecule has 1 amide bonds. The van der Waals surface area contributed by atoms with Crippen molar-refractivity contribution < 1.29 is 9.53 Å². The van der Waals surface area contributed by atoms with Gasteiger partial charge in [-0.25, -0.2) is 0 Å². The predicted molar refractivity (Wildman–Crippen MR) is 97.0 cm³/mol. The van der Waals surface area contributed by atoms with Crippen molar-refractivity contribution in [1.29, 1.82) is 0 Å². The molecule has 0 saturated carbocycles. The van der Waals surface area contributed by atoms with Crippen molar-refractivity contribution in [1.82, 2.24) is 5.32 Å². The van der Waals surface area contributed by atoms with E-state index in [0.29, 0.717) is 35.9 Å². The van der Waals surface area contributed by atoms with Crippen LogP contribution in [-0.2, 0) is 4.74 Å². The zero-order valence-electron chi connectivity index (χ0n) is 12.7. The average molecular weight is 352 g/mol. The van der Waals surface area contributed by atoms with Crippen LogP contribution < -0.4 is 5.32 Å². The van der Waals surface area contributed by atoms with Gasteiger partial charge in [-0.3, -0.25) is 4.79 Å². The topological polar surface area (TPSA) is 38.3 Å². The van der Waals surface area contributed by atoms with Crippen LogP contribution in [0.15, 0.2) is 67.5 Å². The maximum Gasteiger partial charge on any atom is 0.252 e. The second kappa shape index (κ2) is 10.7. The Morgan fingerprint density at radius 2 is 2.00 bits per heavy atom. The normalized spacial score (nSPS) is 10.9. The molecule has 122 valence electrons. The van der Waals surface area contributed by atoms with Crippen molar-refractivity contribution in [2.24, 2.45) is 0 Å². The van der Waals surface area contributed by atoms with Gasteiger partial charge in [0.15, 0.2) is 0 Å². The quantitative estimate of drug-likeness (QED) is 0.388. The minimum Gasteiger partial charge on any atom is -0.490 e. The largest absolute Gasteiger partial charge is 0.490 e. The second-order valence-electron chi connectivity index (χ2n) is 4.48. The molecule has 0 fully saturated rings. The number of ether oxygens (including phenoxy) is 1. The maximum absolute atomic E-state index is 12.0. The van der Waals surface area contributed by atoms with E-state index < -0.39 is 0 Å². The molecule has 1 aromatic carbocycles. The molecule has 1 N–H and O–H groups in total. The zero-order chi connectivity index (χ0) is 17.1. The third kappa shape index (κ3) is 7.22.